The topological polar surface area (TPSA) is 84.9 Å². The first-order chi connectivity index (χ1) is 13.5. The van der Waals surface area contributed by atoms with Crippen LogP contribution in [0.25, 0.3) is 6.08 Å². The van der Waals surface area contributed by atoms with E-state index in [4.69, 9.17) is 9.47 Å². The lowest BCUT2D eigenvalue weighted by Gasteiger charge is -2.26. The summed E-state index contributed by atoms with van der Waals surface area (Å²) in [6, 6.07) is 12.6. The van der Waals surface area contributed by atoms with E-state index in [1.54, 1.807) is 48.5 Å². The zero-order valence-electron chi connectivity index (χ0n) is 15.0. The van der Waals surface area contributed by atoms with Crippen molar-refractivity contribution in [1.82, 2.24) is 5.32 Å². The second-order valence-corrected chi connectivity index (χ2v) is 6.52. The molecule has 1 saturated heterocycles. The Bertz CT molecular complexity index is 940. The summed E-state index contributed by atoms with van der Waals surface area (Å²) < 4.78 is 10.7. The molecule has 144 valence electrons. The molecule has 0 aliphatic carbocycles. The van der Waals surface area contributed by atoms with Gasteiger partial charge >= 0.3 is 6.03 Å². The minimum absolute atomic E-state index is 0.162. The van der Waals surface area contributed by atoms with Crippen molar-refractivity contribution >= 4 is 45.5 Å². The van der Waals surface area contributed by atoms with Crippen LogP contribution in [0, 0.1) is 0 Å². The Morgan fingerprint density at radius 1 is 1.07 bits per heavy atom. The fraction of sp³-hybridized carbons (Fsp3) is 0.150. The molecule has 0 spiro atoms. The van der Waals surface area contributed by atoms with E-state index in [0.29, 0.717) is 34.7 Å². The number of barbiturate groups is 1. The highest BCUT2D eigenvalue weighted by molar-refractivity contribution is 9.09. The quantitative estimate of drug-likeness (QED) is 0.420. The highest BCUT2D eigenvalue weighted by Gasteiger charge is 2.36. The number of halogens is 1. The van der Waals surface area contributed by atoms with Gasteiger partial charge in [-0.2, -0.15) is 0 Å². The normalized spacial score (nSPS) is 15.6. The molecule has 1 N–H and O–H groups in total. The van der Waals surface area contributed by atoms with Crippen molar-refractivity contribution in [1.29, 1.82) is 0 Å². The fourth-order valence-corrected chi connectivity index (χ4v) is 2.82. The van der Waals surface area contributed by atoms with Gasteiger partial charge in [-0.15, -0.1) is 0 Å². The number of amides is 4. The highest BCUT2D eigenvalue weighted by atomic mass is 79.9. The number of benzene rings is 2. The first-order valence-electron chi connectivity index (χ1n) is 8.38. The Hall–Kier alpha value is -3.13. The van der Waals surface area contributed by atoms with Gasteiger partial charge in [0, 0.05) is 10.9 Å². The molecule has 2 aromatic carbocycles. The number of anilines is 1. The SMILES string of the molecule is COc1ccc(N2C(=O)NC(=O)/C(=C\c3ccccc3OCCBr)C2=O)cc1. The number of ether oxygens (including phenoxy) is 2. The van der Waals surface area contributed by atoms with Crippen LogP contribution in [0.1, 0.15) is 5.56 Å². The molecule has 0 saturated carbocycles. The molecule has 3 rings (SSSR count). The summed E-state index contributed by atoms with van der Waals surface area (Å²) in [5, 5.41) is 2.84. The predicted molar refractivity (Wildman–Crippen MR) is 108 cm³/mol. The van der Waals surface area contributed by atoms with Crippen LogP contribution in [0.2, 0.25) is 0 Å². The third kappa shape index (κ3) is 4.07. The van der Waals surface area contributed by atoms with Gasteiger partial charge in [0.2, 0.25) is 0 Å². The van der Waals surface area contributed by atoms with Gasteiger partial charge in [0.15, 0.2) is 0 Å². The molecular formula is C20H17BrN2O5. The van der Waals surface area contributed by atoms with Gasteiger partial charge < -0.3 is 9.47 Å². The minimum Gasteiger partial charge on any atom is -0.497 e. The van der Waals surface area contributed by atoms with Crippen LogP contribution in [0.15, 0.2) is 54.1 Å². The van der Waals surface area contributed by atoms with Crippen LogP contribution in [-0.2, 0) is 9.59 Å². The zero-order chi connectivity index (χ0) is 20.1. The van der Waals surface area contributed by atoms with E-state index in [1.807, 2.05) is 0 Å². The summed E-state index contributed by atoms with van der Waals surface area (Å²) >= 11 is 3.29. The standard InChI is InChI=1S/C20H17BrN2O5/c1-27-15-8-6-14(7-9-15)23-19(25)16(18(24)22-20(23)26)12-13-4-2-3-5-17(13)28-11-10-21/h2-9,12H,10-11H2,1H3,(H,22,24,26)/b16-12+. The van der Waals surface area contributed by atoms with Gasteiger partial charge in [-0.1, -0.05) is 34.1 Å². The summed E-state index contributed by atoms with van der Waals surface area (Å²) in [5.41, 5.74) is 0.724. The lowest BCUT2D eigenvalue weighted by atomic mass is 10.1. The van der Waals surface area contributed by atoms with Crippen molar-refractivity contribution in [3.05, 3.63) is 59.7 Å². The summed E-state index contributed by atoms with van der Waals surface area (Å²) in [6.45, 7) is 0.427. The monoisotopic (exact) mass is 444 g/mol. The first-order valence-corrected chi connectivity index (χ1v) is 9.50. The Kier molecular flexibility index (Phi) is 6.10. The molecule has 0 radical (unpaired) electrons. The van der Waals surface area contributed by atoms with Crippen molar-refractivity contribution in [2.45, 2.75) is 0 Å². The molecule has 2 aromatic rings. The number of carbonyl (C=O) groups is 3. The van der Waals surface area contributed by atoms with Gasteiger partial charge in [-0.25, -0.2) is 9.69 Å². The summed E-state index contributed by atoms with van der Waals surface area (Å²) in [6.07, 6.45) is 1.42. The number of methoxy groups -OCH3 is 1. The van der Waals surface area contributed by atoms with Crippen molar-refractivity contribution in [3.8, 4) is 11.5 Å². The van der Waals surface area contributed by atoms with Crippen LogP contribution in [0.4, 0.5) is 10.5 Å². The zero-order valence-corrected chi connectivity index (χ0v) is 16.6. The van der Waals surface area contributed by atoms with Crippen molar-refractivity contribution < 1.29 is 23.9 Å². The molecule has 1 heterocycles. The molecule has 1 fully saturated rings. The Labute approximate surface area is 170 Å². The molecule has 4 amide bonds. The predicted octanol–water partition coefficient (Wildman–Crippen LogP) is 3.14. The van der Waals surface area contributed by atoms with Crippen LogP contribution in [-0.4, -0.2) is 36.9 Å². The molecule has 8 heteroatoms. The summed E-state index contributed by atoms with van der Waals surface area (Å²) in [5.74, 6) is -0.356. The molecule has 1 aliphatic rings. The van der Waals surface area contributed by atoms with Crippen molar-refractivity contribution in [2.75, 3.05) is 23.9 Å². The number of imide groups is 2. The minimum atomic E-state index is -0.804. The van der Waals surface area contributed by atoms with Crippen molar-refractivity contribution in [2.24, 2.45) is 0 Å². The van der Waals surface area contributed by atoms with Crippen molar-refractivity contribution in [3.63, 3.8) is 0 Å². The molecule has 1 aliphatic heterocycles. The van der Waals surface area contributed by atoms with Crippen LogP contribution in [0.5, 0.6) is 11.5 Å². The number of nitrogens with zero attached hydrogens (tertiary/aromatic N) is 1. The second-order valence-electron chi connectivity index (χ2n) is 5.73. The molecular weight excluding hydrogens is 428 g/mol. The molecule has 0 unspecified atom stereocenters. The summed E-state index contributed by atoms with van der Waals surface area (Å²) in [7, 11) is 1.52. The third-order valence-corrected chi connectivity index (χ3v) is 4.31. The van der Waals surface area contributed by atoms with Gasteiger partial charge in [0.1, 0.15) is 17.1 Å². The number of urea groups is 1. The fourth-order valence-electron chi connectivity index (χ4n) is 2.66. The molecule has 0 bridgehead atoms. The van der Waals surface area contributed by atoms with E-state index < -0.39 is 17.8 Å². The molecule has 7 nitrogen and oxygen atoms in total. The van der Waals surface area contributed by atoms with E-state index in [1.165, 1.54) is 13.2 Å². The van der Waals surface area contributed by atoms with Gasteiger partial charge in [-0.3, -0.25) is 14.9 Å². The highest BCUT2D eigenvalue weighted by Crippen LogP contribution is 2.26. The molecule has 0 atom stereocenters. The second kappa shape index (κ2) is 8.71. The van der Waals surface area contributed by atoms with Crippen LogP contribution >= 0.6 is 15.9 Å². The Balaban J connectivity index is 1.97. The first kappa shape index (κ1) is 19.6. The molecule has 28 heavy (non-hydrogen) atoms. The number of hydrogen-bond acceptors (Lipinski definition) is 5. The van der Waals surface area contributed by atoms with Gasteiger partial charge in [0.05, 0.1) is 19.4 Å². The Morgan fingerprint density at radius 3 is 2.46 bits per heavy atom. The van der Waals surface area contributed by atoms with E-state index in [2.05, 4.69) is 21.2 Å². The lowest BCUT2D eigenvalue weighted by Crippen LogP contribution is -2.54. The maximum atomic E-state index is 12.9. The number of nitrogens with one attached hydrogen (secondary N) is 1. The summed E-state index contributed by atoms with van der Waals surface area (Å²) in [4.78, 5) is 38.4. The maximum Gasteiger partial charge on any atom is 0.335 e. The number of rotatable bonds is 6. The third-order valence-electron chi connectivity index (χ3n) is 3.99. The van der Waals surface area contributed by atoms with E-state index in [9.17, 15) is 14.4 Å². The number of para-hydroxylation sites is 1. The number of hydrogen-bond donors (Lipinski definition) is 1. The van der Waals surface area contributed by atoms with Gasteiger partial charge in [0.25, 0.3) is 11.8 Å². The number of carbonyl (C=O) groups excluding carboxylic acids is 3. The maximum absolute atomic E-state index is 12.9. The smallest absolute Gasteiger partial charge is 0.335 e. The lowest BCUT2D eigenvalue weighted by molar-refractivity contribution is -0.122. The van der Waals surface area contributed by atoms with E-state index in [-0.39, 0.29) is 5.57 Å². The van der Waals surface area contributed by atoms with Crippen LogP contribution < -0.4 is 19.7 Å². The van der Waals surface area contributed by atoms with E-state index >= 15 is 0 Å². The average Bonchev–Trinajstić information content (AvgIpc) is 2.70. The average molecular weight is 445 g/mol. The molecule has 0 aromatic heterocycles. The largest absolute Gasteiger partial charge is 0.497 e. The van der Waals surface area contributed by atoms with E-state index in [0.717, 1.165) is 4.90 Å². The number of alkyl halides is 1. The van der Waals surface area contributed by atoms with Gasteiger partial charge in [-0.05, 0) is 36.4 Å². The van der Waals surface area contributed by atoms with Crippen LogP contribution in [0.3, 0.4) is 0 Å². The Morgan fingerprint density at radius 2 is 1.79 bits per heavy atom.